The van der Waals surface area contributed by atoms with E-state index in [0.29, 0.717) is 5.56 Å². The van der Waals surface area contributed by atoms with Gasteiger partial charge in [-0.05, 0) is 36.4 Å². The van der Waals surface area contributed by atoms with Gasteiger partial charge in [0.15, 0.2) is 0 Å². The average molecular weight is 244 g/mol. The Labute approximate surface area is 105 Å². The van der Waals surface area contributed by atoms with Crippen molar-refractivity contribution in [1.82, 2.24) is 10.3 Å². The van der Waals surface area contributed by atoms with Crippen molar-refractivity contribution in [3.8, 4) is 0 Å². The van der Waals surface area contributed by atoms with Crippen LogP contribution in [0.1, 0.15) is 23.6 Å². The third-order valence-corrected chi connectivity index (χ3v) is 3.16. The second-order valence-corrected chi connectivity index (χ2v) is 4.51. The molecule has 0 saturated carbocycles. The Morgan fingerprint density at radius 2 is 2.06 bits per heavy atom. The Hall–Kier alpha value is -2.10. The van der Waals surface area contributed by atoms with Gasteiger partial charge >= 0.3 is 0 Å². The first-order chi connectivity index (χ1) is 8.49. The second kappa shape index (κ2) is 4.64. The van der Waals surface area contributed by atoms with E-state index in [9.17, 15) is 9.59 Å². The number of hydrogen-bond donors (Lipinski definition) is 2. The molecule has 0 unspecified atom stereocenters. The van der Waals surface area contributed by atoms with Crippen molar-refractivity contribution < 1.29 is 4.79 Å². The Kier molecular flexibility index (Phi) is 3.19. The minimum Gasteiger partial charge on any atom is -0.352 e. The number of fused-ring (bicyclic) bond motifs is 1. The van der Waals surface area contributed by atoms with Gasteiger partial charge < -0.3 is 10.3 Å². The molecule has 0 saturated heterocycles. The summed E-state index contributed by atoms with van der Waals surface area (Å²) in [6.45, 7) is 5.69. The molecule has 0 aliphatic rings. The van der Waals surface area contributed by atoms with E-state index >= 15 is 0 Å². The monoisotopic (exact) mass is 244 g/mol. The van der Waals surface area contributed by atoms with Gasteiger partial charge in [-0.1, -0.05) is 12.1 Å². The number of aryl methyl sites for hydroxylation is 2. The van der Waals surface area contributed by atoms with Crippen LogP contribution in [0.25, 0.3) is 10.9 Å². The molecule has 1 aromatic carbocycles. The molecule has 1 aromatic heterocycles. The normalized spacial score (nSPS) is 10.6. The fraction of sp³-hybridized carbons (Fsp3) is 0.286. The molecule has 4 heteroatoms. The lowest BCUT2D eigenvalue weighted by molar-refractivity contribution is -0.119. The maximum atomic E-state index is 11.9. The standard InChI is InChI=1S/C14H16N2O2/c1-8-4-5-11-6-12(7-15-10(3)17)14(18)16-13(11)9(8)2/h4-6H,7H2,1-3H3,(H,15,17)(H,16,18). The Bertz CT molecular complexity index is 671. The third kappa shape index (κ3) is 2.27. The van der Waals surface area contributed by atoms with E-state index in [4.69, 9.17) is 0 Å². The quantitative estimate of drug-likeness (QED) is 0.846. The summed E-state index contributed by atoms with van der Waals surface area (Å²) < 4.78 is 0. The molecule has 1 heterocycles. The summed E-state index contributed by atoms with van der Waals surface area (Å²) in [6.07, 6.45) is 0. The second-order valence-electron chi connectivity index (χ2n) is 4.51. The van der Waals surface area contributed by atoms with E-state index in [1.807, 2.05) is 32.0 Å². The fourth-order valence-corrected chi connectivity index (χ4v) is 1.92. The lowest BCUT2D eigenvalue weighted by Gasteiger charge is -2.08. The van der Waals surface area contributed by atoms with Crippen LogP contribution in [-0.2, 0) is 11.3 Å². The van der Waals surface area contributed by atoms with Crippen molar-refractivity contribution >= 4 is 16.8 Å². The first kappa shape index (κ1) is 12.4. The fourth-order valence-electron chi connectivity index (χ4n) is 1.92. The summed E-state index contributed by atoms with van der Waals surface area (Å²) in [4.78, 5) is 25.7. The zero-order valence-corrected chi connectivity index (χ0v) is 10.8. The molecule has 0 spiro atoms. The molecular weight excluding hydrogens is 228 g/mol. The highest BCUT2D eigenvalue weighted by molar-refractivity contribution is 5.83. The number of pyridine rings is 1. The van der Waals surface area contributed by atoms with Gasteiger partial charge in [0.1, 0.15) is 0 Å². The van der Waals surface area contributed by atoms with E-state index in [2.05, 4.69) is 10.3 Å². The third-order valence-electron chi connectivity index (χ3n) is 3.16. The number of rotatable bonds is 2. The van der Waals surface area contributed by atoms with E-state index in [0.717, 1.165) is 22.0 Å². The smallest absolute Gasteiger partial charge is 0.253 e. The first-order valence-corrected chi connectivity index (χ1v) is 5.85. The van der Waals surface area contributed by atoms with E-state index in [1.54, 1.807) is 0 Å². The van der Waals surface area contributed by atoms with Crippen molar-refractivity contribution in [3.05, 3.63) is 45.2 Å². The maximum absolute atomic E-state index is 11.9. The van der Waals surface area contributed by atoms with Crippen LogP contribution in [0.5, 0.6) is 0 Å². The van der Waals surface area contributed by atoms with Crippen molar-refractivity contribution in [1.29, 1.82) is 0 Å². The van der Waals surface area contributed by atoms with E-state index in [-0.39, 0.29) is 18.0 Å². The van der Waals surface area contributed by atoms with Crippen LogP contribution in [0.4, 0.5) is 0 Å². The molecule has 0 atom stereocenters. The van der Waals surface area contributed by atoms with Gasteiger partial charge in [0.2, 0.25) is 5.91 Å². The molecule has 2 N–H and O–H groups in total. The highest BCUT2D eigenvalue weighted by Crippen LogP contribution is 2.18. The van der Waals surface area contributed by atoms with Crippen LogP contribution in [0, 0.1) is 13.8 Å². The Morgan fingerprint density at radius 3 is 2.72 bits per heavy atom. The van der Waals surface area contributed by atoms with Crippen molar-refractivity contribution in [2.45, 2.75) is 27.3 Å². The lowest BCUT2D eigenvalue weighted by Crippen LogP contribution is -2.24. The molecule has 0 aliphatic carbocycles. The predicted molar refractivity (Wildman–Crippen MR) is 71.6 cm³/mol. The minimum atomic E-state index is -0.148. The van der Waals surface area contributed by atoms with Crippen LogP contribution >= 0.6 is 0 Å². The lowest BCUT2D eigenvalue weighted by atomic mass is 10.0. The van der Waals surface area contributed by atoms with Crippen molar-refractivity contribution in [2.75, 3.05) is 0 Å². The van der Waals surface area contributed by atoms with Gasteiger partial charge in [-0.3, -0.25) is 9.59 Å². The number of hydrogen-bond acceptors (Lipinski definition) is 2. The summed E-state index contributed by atoms with van der Waals surface area (Å²) in [5.41, 5.74) is 3.51. The molecule has 0 radical (unpaired) electrons. The molecule has 94 valence electrons. The molecule has 2 aromatic rings. The largest absolute Gasteiger partial charge is 0.352 e. The summed E-state index contributed by atoms with van der Waals surface area (Å²) in [5.74, 6) is -0.144. The summed E-state index contributed by atoms with van der Waals surface area (Å²) >= 11 is 0. The van der Waals surface area contributed by atoms with Gasteiger partial charge in [0.25, 0.3) is 5.56 Å². The van der Waals surface area contributed by atoms with E-state index in [1.165, 1.54) is 6.92 Å². The highest BCUT2D eigenvalue weighted by Gasteiger charge is 2.06. The molecule has 18 heavy (non-hydrogen) atoms. The predicted octanol–water partition coefficient (Wildman–Crippen LogP) is 1.78. The number of carbonyl (C=O) groups excluding carboxylic acids is 1. The number of benzene rings is 1. The Morgan fingerprint density at radius 1 is 1.33 bits per heavy atom. The summed E-state index contributed by atoms with van der Waals surface area (Å²) in [5, 5.41) is 3.62. The van der Waals surface area contributed by atoms with Crippen LogP contribution < -0.4 is 10.9 Å². The minimum absolute atomic E-state index is 0.144. The number of nitrogens with one attached hydrogen (secondary N) is 2. The van der Waals surface area contributed by atoms with Gasteiger partial charge in [-0.2, -0.15) is 0 Å². The molecule has 0 aliphatic heterocycles. The molecule has 0 bridgehead atoms. The van der Waals surface area contributed by atoms with Gasteiger partial charge in [0.05, 0.1) is 5.52 Å². The van der Waals surface area contributed by atoms with Crippen molar-refractivity contribution in [2.24, 2.45) is 0 Å². The Balaban J connectivity index is 2.53. The summed E-state index contributed by atoms with van der Waals surface area (Å²) in [6, 6.07) is 5.83. The van der Waals surface area contributed by atoms with Crippen LogP contribution in [0.2, 0.25) is 0 Å². The SMILES string of the molecule is CC(=O)NCc1cc2ccc(C)c(C)c2[nH]c1=O. The number of aromatic amines is 1. The van der Waals surface area contributed by atoms with Crippen LogP contribution in [0.15, 0.2) is 23.0 Å². The topological polar surface area (TPSA) is 62.0 Å². The number of carbonyl (C=O) groups is 1. The van der Waals surface area contributed by atoms with Gasteiger partial charge in [-0.25, -0.2) is 0 Å². The van der Waals surface area contributed by atoms with Crippen LogP contribution in [0.3, 0.4) is 0 Å². The number of amides is 1. The average Bonchev–Trinajstić information content (AvgIpc) is 2.32. The molecule has 2 rings (SSSR count). The van der Waals surface area contributed by atoms with E-state index < -0.39 is 0 Å². The first-order valence-electron chi connectivity index (χ1n) is 5.85. The van der Waals surface area contributed by atoms with Crippen LogP contribution in [-0.4, -0.2) is 10.9 Å². The zero-order valence-electron chi connectivity index (χ0n) is 10.8. The van der Waals surface area contributed by atoms with Gasteiger partial charge in [0, 0.05) is 19.0 Å². The maximum Gasteiger partial charge on any atom is 0.253 e. The molecule has 0 fully saturated rings. The summed E-state index contributed by atoms with van der Waals surface area (Å²) in [7, 11) is 0. The molecule has 1 amide bonds. The highest BCUT2D eigenvalue weighted by atomic mass is 16.1. The number of aromatic nitrogens is 1. The molecule has 4 nitrogen and oxygen atoms in total. The molecular formula is C14H16N2O2. The van der Waals surface area contributed by atoms with Crippen molar-refractivity contribution in [3.63, 3.8) is 0 Å². The zero-order chi connectivity index (χ0) is 13.3. The number of H-pyrrole nitrogens is 1. The van der Waals surface area contributed by atoms with Gasteiger partial charge in [-0.15, -0.1) is 0 Å².